The Bertz CT molecular complexity index is 870. The van der Waals surface area contributed by atoms with Gasteiger partial charge in [-0.25, -0.2) is 0 Å². The monoisotopic (exact) mass is 385 g/mol. The van der Waals surface area contributed by atoms with Crippen LogP contribution in [0.25, 0.3) is 0 Å². The van der Waals surface area contributed by atoms with Crippen molar-refractivity contribution in [1.29, 1.82) is 0 Å². The zero-order chi connectivity index (χ0) is 19.4. The number of non-ortho nitro benzene ring substituents is 1. The van der Waals surface area contributed by atoms with E-state index in [1.165, 1.54) is 23.9 Å². The predicted molar refractivity (Wildman–Crippen MR) is 105 cm³/mol. The smallest absolute Gasteiger partial charge is 0.269 e. The third-order valence-electron chi connectivity index (χ3n) is 4.26. The molecule has 1 atom stereocenters. The molecular formula is C19H19N3O4S. The van der Waals surface area contributed by atoms with E-state index in [2.05, 4.69) is 5.32 Å². The molecule has 1 aliphatic heterocycles. The lowest BCUT2D eigenvalue weighted by Gasteiger charge is -2.21. The second-order valence-electron chi connectivity index (χ2n) is 6.17. The van der Waals surface area contributed by atoms with Gasteiger partial charge in [-0.3, -0.25) is 19.7 Å². The first kappa shape index (κ1) is 18.9. The third-order valence-corrected chi connectivity index (χ3v) is 5.37. The van der Waals surface area contributed by atoms with Crippen molar-refractivity contribution in [3.63, 3.8) is 0 Å². The van der Waals surface area contributed by atoms with Crippen LogP contribution in [0.4, 0.5) is 17.1 Å². The van der Waals surface area contributed by atoms with Crippen molar-refractivity contribution in [3.05, 3.63) is 58.6 Å². The van der Waals surface area contributed by atoms with Gasteiger partial charge in [0.2, 0.25) is 11.8 Å². The van der Waals surface area contributed by atoms with E-state index >= 15 is 0 Å². The van der Waals surface area contributed by atoms with Crippen LogP contribution in [-0.4, -0.2) is 28.5 Å². The van der Waals surface area contributed by atoms with E-state index in [-0.39, 0.29) is 17.5 Å². The summed E-state index contributed by atoms with van der Waals surface area (Å²) in [5.74, 6) is -0.137. The molecule has 0 spiro atoms. The highest BCUT2D eigenvalue weighted by atomic mass is 32.2. The summed E-state index contributed by atoms with van der Waals surface area (Å²) in [4.78, 5) is 37.3. The Morgan fingerprint density at radius 3 is 2.56 bits per heavy atom. The van der Waals surface area contributed by atoms with E-state index in [1.54, 1.807) is 30.0 Å². The van der Waals surface area contributed by atoms with Gasteiger partial charge in [0.25, 0.3) is 5.69 Å². The highest BCUT2D eigenvalue weighted by Crippen LogP contribution is 2.31. The van der Waals surface area contributed by atoms with Crippen LogP contribution >= 0.6 is 11.8 Å². The van der Waals surface area contributed by atoms with E-state index in [0.717, 1.165) is 11.3 Å². The highest BCUT2D eigenvalue weighted by Gasteiger charge is 2.25. The maximum Gasteiger partial charge on any atom is 0.269 e. The SMILES string of the molecule is CC(Sc1ccc([N+](=O)[O-])cc1)C(=O)Nc1ccccc1N1CCCC1=O. The number of nitro benzene ring substituents is 1. The molecule has 0 bridgehead atoms. The fourth-order valence-electron chi connectivity index (χ4n) is 2.86. The van der Waals surface area contributed by atoms with Crippen LogP contribution in [0.15, 0.2) is 53.4 Å². The lowest BCUT2D eigenvalue weighted by atomic mass is 10.2. The first-order valence-corrected chi connectivity index (χ1v) is 9.45. The Morgan fingerprint density at radius 1 is 1.22 bits per heavy atom. The molecule has 8 heteroatoms. The molecule has 0 saturated carbocycles. The molecule has 2 aromatic carbocycles. The van der Waals surface area contributed by atoms with Crippen LogP contribution in [0.3, 0.4) is 0 Å². The van der Waals surface area contributed by atoms with Crippen molar-refractivity contribution in [3.8, 4) is 0 Å². The molecule has 1 N–H and O–H groups in total. The number of para-hydroxylation sites is 2. The summed E-state index contributed by atoms with van der Waals surface area (Å²) < 4.78 is 0. The molecule has 27 heavy (non-hydrogen) atoms. The summed E-state index contributed by atoms with van der Waals surface area (Å²) in [6.07, 6.45) is 1.34. The molecule has 2 amide bonds. The average Bonchev–Trinajstić information content (AvgIpc) is 3.08. The van der Waals surface area contributed by atoms with E-state index in [4.69, 9.17) is 0 Å². The molecule has 7 nitrogen and oxygen atoms in total. The number of carbonyl (C=O) groups is 2. The molecule has 1 unspecified atom stereocenters. The van der Waals surface area contributed by atoms with Gasteiger partial charge < -0.3 is 10.2 Å². The first-order valence-electron chi connectivity index (χ1n) is 8.57. The second kappa shape index (κ2) is 8.22. The normalized spacial score (nSPS) is 14.9. The molecule has 0 radical (unpaired) electrons. The van der Waals surface area contributed by atoms with Crippen LogP contribution in [0.2, 0.25) is 0 Å². The van der Waals surface area contributed by atoms with Crippen molar-refractivity contribution < 1.29 is 14.5 Å². The van der Waals surface area contributed by atoms with Crippen molar-refractivity contribution in [2.75, 3.05) is 16.8 Å². The topological polar surface area (TPSA) is 92.5 Å². The number of amides is 2. The number of carbonyl (C=O) groups excluding carboxylic acids is 2. The number of nitro groups is 1. The molecule has 0 aromatic heterocycles. The standard InChI is InChI=1S/C19H19N3O4S/c1-13(27-15-10-8-14(9-11-15)22(25)26)19(24)20-16-5-2-3-6-17(16)21-12-4-7-18(21)23/h2-3,5-6,8-11,13H,4,7,12H2,1H3,(H,20,24). The van der Waals surface area contributed by atoms with Gasteiger partial charge in [0.1, 0.15) is 0 Å². The fraction of sp³-hybridized carbons (Fsp3) is 0.263. The first-order chi connectivity index (χ1) is 13.0. The van der Waals surface area contributed by atoms with Crippen molar-refractivity contribution in [2.24, 2.45) is 0 Å². The van der Waals surface area contributed by atoms with E-state index in [1.807, 2.05) is 18.2 Å². The minimum atomic E-state index is -0.457. The molecule has 1 saturated heterocycles. The number of hydrogen-bond donors (Lipinski definition) is 1. The Hall–Kier alpha value is -2.87. The molecule has 0 aliphatic carbocycles. The number of benzene rings is 2. The predicted octanol–water partition coefficient (Wildman–Crippen LogP) is 3.84. The minimum absolute atomic E-state index is 0.0145. The van der Waals surface area contributed by atoms with Crippen LogP contribution in [-0.2, 0) is 9.59 Å². The van der Waals surface area contributed by atoms with Crippen LogP contribution < -0.4 is 10.2 Å². The number of hydrogen-bond acceptors (Lipinski definition) is 5. The summed E-state index contributed by atoms with van der Waals surface area (Å²) in [7, 11) is 0. The van der Waals surface area contributed by atoms with Gasteiger partial charge in [-0.1, -0.05) is 12.1 Å². The maximum atomic E-state index is 12.6. The largest absolute Gasteiger partial charge is 0.323 e. The van der Waals surface area contributed by atoms with E-state index in [0.29, 0.717) is 24.3 Å². The summed E-state index contributed by atoms with van der Waals surface area (Å²) in [5, 5.41) is 13.2. The van der Waals surface area contributed by atoms with Crippen LogP contribution in [0, 0.1) is 10.1 Å². The highest BCUT2D eigenvalue weighted by molar-refractivity contribution is 8.00. The molecular weight excluding hydrogens is 366 g/mol. The summed E-state index contributed by atoms with van der Waals surface area (Å²) in [5.41, 5.74) is 1.33. The number of rotatable bonds is 6. The maximum absolute atomic E-state index is 12.6. The lowest BCUT2D eigenvalue weighted by molar-refractivity contribution is -0.384. The number of nitrogens with one attached hydrogen (secondary N) is 1. The Morgan fingerprint density at radius 2 is 1.93 bits per heavy atom. The molecule has 2 aromatic rings. The Balaban J connectivity index is 1.68. The molecule has 1 fully saturated rings. The minimum Gasteiger partial charge on any atom is -0.323 e. The second-order valence-corrected chi connectivity index (χ2v) is 7.58. The average molecular weight is 385 g/mol. The Kier molecular flexibility index (Phi) is 5.75. The number of thioether (sulfide) groups is 1. The van der Waals surface area contributed by atoms with Gasteiger partial charge >= 0.3 is 0 Å². The number of nitrogens with zero attached hydrogens (tertiary/aromatic N) is 2. The zero-order valence-corrected chi connectivity index (χ0v) is 15.6. The summed E-state index contributed by atoms with van der Waals surface area (Å²) in [6, 6.07) is 13.4. The van der Waals surface area contributed by atoms with E-state index in [9.17, 15) is 19.7 Å². The van der Waals surface area contributed by atoms with Crippen LogP contribution in [0.5, 0.6) is 0 Å². The quantitative estimate of drug-likeness (QED) is 0.463. The van der Waals surface area contributed by atoms with Gasteiger partial charge in [0.15, 0.2) is 0 Å². The molecule has 3 rings (SSSR count). The fourth-order valence-corrected chi connectivity index (χ4v) is 3.72. The van der Waals surface area contributed by atoms with Crippen LogP contribution in [0.1, 0.15) is 19.8 Å². The summed E-state index contributed by atoms with van der Waals surface area (Å²) in [6.45, 7) is 2.42. The van der Waals surface area contributed by atoms with Crippen molar-refractivity contribution in [2.45, 2.75) is 29.9 Å². The van der Waals surface area contributed by atoms with E-state index < -0.39 is 10.2 Å². The number of anilines is 2. The summed E-state index contributed by atoms with van der Waals surface area (Å²) >= 11 is 1.31. The van der Waals surface area contributed by atoms with Gasteiger partial charge in [-0.2, -0.15) is 0 Å². The van der Waals surface area contributed by atoms with Crippen molar-refractivity contribution in [1.82, 2.24) is 0 Å². The zero-order valence-electron chi connectivity index (χ0n) is 14.8. The molecule has 140 valence electrons. The third kappa shape index (κ3) is 4.46. The lowest BCUT2D eigenvalue weighted by Crippen LogP contribution is -2.27. The van der Waals surface area contributed by atoms with Gasteiger partial charge in [-0.05, 0) is 37.6 Å². The van der Waals surface area contributed by atoms with Gasteiger partial charge in [0, 0.05) is 30.0 Å². The molecule has 1 aliphatic rings. The molecule has 1 heterocycles. The van der Waals surface area contributed by atoms with Crippen molar-refractivity contribution >= 4 is 40.6 Å². The Labute approximate surface area is 160 Å². The van der Waals surface area contributed by atoms with Gasteiger partial charge in [-0.15, -0.1) is 11.8 Å². The van der Waals surface area contributed by atoms with Gasteiger partial charge in [0.05, 0.1) is 21.5 Å².